The van der Waals surface area contributed by atoms with E-state index < -0.39 is 0 Å². The van der Waals surface area contributed by atoms with Crippen LogP contribution in [0.5, 0.6) is 0 Å². The van der Waals surface area contributed by atoms with Crippen molar-refractivity contribution in [3.8, 4) is 0 Å². The molecule has 0 fully saturated rings. The summed E-state index contributed by atoms with van der Waals surface area (Å²) in [7, 11) is 0. The minimum absolute atomic E-state index is 0.0349. The highest BCUT2D eigenvalue weighted by molar-refractivity contribution is 6.33. The predicted octanol–water partition coefficient (Wildman–Crippen LogP) is 4.92. The van der Waals surface area contributed by atoms with Gasteiger partial charge in [-0.05, 0) is 37.6 Å². The first-order valence-electron chi connectivity index (χ1n) is 8.74. The molecule has 0 saturated heterocycles. The molecule has 138 valence electrons. The van der Waals surface area contributed by atoms with Crippen LogP contribution < -0.4 is 5.32 Å². The van der Waals surface area contributed by atoms with Crippen LogP contribution in [0.2, 0.25) is 5.02 Å². The first-order chi connectivity index (χ1) is 13.0. The molecule has 5 nitrogen and oxygen atoms in total. The fourth-order valence-corrected chi connectivity index (χ4v) is 2.82. The Morgan fingerprint density at radius 3 is 2.48 bits per heavy atom. The highest BCUT2D eigenvalue weighted by Crippen LogP contribution is 2.23. The fraction of sp³-hybridized carbons (Fsp3) is 0.190. The maximum absolute atomic E-state index is 13.0. The van der Waals surface area contributed by atoms with Crippen molar-refractivity contribution >= 4 is 29.1 Å². The number of carbonyl (C=O) groups is 1. The lowest BCUT2D eigenvalue weighted by Crippen LogP contribution is -2.37. The number of carbonyl (C=O) groups excluding carboxylic acids is 1. The lowest BCUT2D eigenvalue weighted by atomic mass is 10.1. The van der Waals surface area contributed by atoms with Gasteiger partial charge < -0.3 is 10.2 Å². The average Bonchev–Trinajstić information content (AvgIpc) is 2.68. The summed E-state index contributed by atoms with van der Waals surface area (Å²) in [5, 5.41) is 3.62. The number of rotatable bonds is 6. The Balaban J connectivity index is 1.81. The number of benzene rings is 2. The molecule has 0 spiro atoms. The third-order valence-electron chi connectivity index (χ3n) is 4.07. The van der Waals surface area contributed by atoms with Crippen LogP contribution >= 0.6 is 11.6 Å². The van der Waals surface area contributed by atoms with Crippen LogP contribution in [-0.4, -0.2) is 26.8 Å². The number of para-hydroxylation sites is 1. The van der Waals surface area contributed by atoms with E-state index in [1.54, 1.807) is 23.2 Å². The first kappa shape index (κ1) is 18.9. The molecule has 0 atom stereocenters. The molecule has 1 N–H and O–H groups in total. The molecule has 3 rings (SSSR count). The molecule has 1 amide bonds. The zero-order valence-electron chi connectivity index (χ0n) is 15.3. The molecule has 1 heterocycles. The second-order valence-electron chi connectivity index (χ2n) is 6.38. The van der Waals surface area contributed by atoms with Gasteiger partial charge in [-0.25, -0.2) is 9.97 Å². The second kappa shape index (κ2) is 8.64. The monoisotopic (exact) mass is 380 g/mol. The number of amides is 1. The van der Waals surface area contributed by atoms with Crippen LogP contribution in [0, 0.1) is 0 Å². The van der Waals surface area contributed by atoms with Crippen molar-refractivity contribution in [1.82, 2.24) is 14.9 Å². The summed E-state index contributed by atoms with van der Waals surface area (Å²) in [6, 6.07) is 18.9. The molecule has 0 unspecified atom stereocenters. The first-order valence-corrected chi connectivity index (χ1v) is 9.12. The Kier molecular flexibility index (Phi) is 6.04. The summed E-state index contributed by atoms with van der Waals surface area (Å²) in [4.78, 5) is 23.4. The van der Waals surface area contributed by atoms with E-state index in [1.807, 2.05) is 62.4 Å². The van der Waals surface area contributed by atoms with Gasteiger partial charge in [0.05, 0.1) is 10.7 Å². The lowest BCUT2D eigenvalue weighted by molar-refractivity contribution is 0.0684. The van der Waals surface area contributed by atoms with Gasteiger partial charge in [-0.1, -0.05) is 54.1 Å². The number of nitrogens with zero attached hydrogens (tertiary/aromatic N) is 3. The van der Waals surface area contributed by atoms with Crippen LogP contribution in [0.15, 0.2) is 66.9 Å². The van der Waals surface area contributed by atoms with Crippen molar-refractivity contribution in [2.24, 2.45) is 0 Å². The highest BCUT2D eigenvalue weighted by Gasteiger charge is 2.21. The maximum Gasteiger partial charge on any atom is 0.273 e. The summed E-state index contributed by atoms with van der Waals surface area (Å²) in [5.74, 6) is 0.191. The molecule has 0 saturated carbocycles. The smallest absolute Gasteiger partial charge is 0.273 e. The van der Waals surface area contributed by atoms with Crippen LogP contribution in [0.1, 0.15) is 29.9 Å². The minimum atomic E-state index is -0.140. The molecular formula is C21H21ClN4O. The van der Waals surface area contributed by atoms with Crippen molar-refractivity contribution in [3.63, 3.8) is 0 Å². The quantitative estimate of drug-likeness (QED) is 0.659. The summed E-state index contributed by atoms with van der Waals surface area (Å²) in [5.41, 5.74) is 2.10. The van der Waals surface area contributed by atoms with Crippen molar-refractivity contribution in [2.45, 2.75) is 26.4 Å². The number of anilines is 2. The van der Waals surface area contributed by atoms with Gasteiger partial charge in [0.25, 0.3) is 5.91 Å². The molecule has 0 bridgehead atoms. The Hall–Kier alpha value is -2.92. The zero-order chi connectivity index (χ0) is 19.2. The van der Waals surface area contributed by atoms with E-state index in [1.165, 1.54) is 0 Å². The number of hydrogen-bond acceptors (Lipinski definition) is 4. The minimum Gasteiger partial charge on any atom is -0.331 e. The third kappa shape index (κ3) is 4.83. The van der Waals surface area contributed by atoms with E-state index in [0.29, 0.717) is 28.9 Å². The van der Waals surface area contributed by atoms with Crippen molar-refractivity contribution in [1.29, 1.82) is 0 Å². The van der Waals surface area contributed by atoms with Gasteiger partial charge in [0.2, 0.25) is 5.95 Å². The third-order valence-corrected chi connectivity index (χ3v) is 4.40. The largest absolute Gasteiger partial charge is 0.331 e. The van der Waals surface area contributed by atoms with Crippen LogP contribution in [0.4, 0.5) is 11.6 Å². The van der Waals surface area contributed by atoms with Crippen LogP contribution in [0.25, 0.3) is 0 Å². The summed E-state index contributed by atoms with van der Waals surface area (Å²) < 4.78 is 0. The Labute approximate surface area is 164 Å². The molecule has 27 heavy (non-hydrogen) atoms. The summed E-state index contributed by atoms with van der Waals surface area (Å²) in [6.07, 6.45) is 1.57. The van der Waals surface area contributed by atoms with E-state index in [-0.39, 0.29) is 11.9 Å². The van der Waals surface area contributed by atoms with Gasteiger partial charge in [0, 0.05) is 18.8 Å². The average molecular weight is 381 g/mol. The summed E-state index contributed by atoms with van der Waals surface area (Å²) in [6.45, 7) is 4.50. The van der Waals surface area contributed by atoms with E-state index >= 15 is 0 Å². The van der Waals surface area contributed by atoms with Crippen LogP contribution in [0.3, 0.4) is 0 Å². The van der Waals surface area contributed by atoms with Gasteiger partial charge in [0.15, 0.2) is 0 Å². The zero-order valence-corrected chi connectivity index (χ0v) is 16.0. The molecular weight excluding hydrogens is 360 g/mol. The SMILES string of the molecule is CC(C)N(Cc1ccccc1)C(=O)c1ccnc(Nc2ccccc2Cl)n1. The lowest BCUT2D eigenvalue weighted by Gasteiger charge is -2.26. The maximum atomic E-state index is 13.0. The number of nitrogens with one attached hydrogen (secondary N) is 1. The Bertz CT molecular complexity index is 915. The molecule has 0 aliphatic rings. The summed E-state index contributed by atoms with van der Waals surface area (Å²) >= 11 is 6.17. The Morgan fingerprint density at radius 1 is 1.07 bits per heavy atom. The number of aromatic nitrogens is 2. The van der Waals surface area contributed by atoms with Gasteiger partial charge in [-0.15, -0.1) is 0 Å². The van der Waals surface area contributed by atoms with E-state index in [0.717, 1.165) is 5.56 Å². The molecule has 1 aromatic heterocycles. The molecule has 6 heteroatoms. The number of hydrogen-bond donors (Lipinski definition) is 1. The van der Waals surface area contributed by atoms with Crippen molar-refractivity contribution < 1.29 is 4.79 Å². The van der Waals surface area contributed by atoms with E-state index in [2.05, 4.69) is 15.3 Å². The van der Waals surface area contributed by atoms with Crippen LogP contribution in [-0.2, 0) is 6.54 Å². The molecule has 2 aromatic carbocycles. The number of halogens is 1. The van der Waals surface area contributed by atoms with Gasteiger partial charge >= 0.3 is 0 Å². The molecule has 0 aliphatic carbocycles. The standard InChI is InChI=1S/C21H21ClN4O/c1-15(2)26(14-16-8-4-3-5-9-16)20(27)19-12-13-23-21(25-19)24-18-11-7-6-10-17(18)22/h3-13,15H,14H2,1-2H3,(H,23,24,25). The van der Waals surface area contributed by atoms with Gasteiger partial charge in [0.1, 0.15) is 5.69 Å². The van der Waals surface area contributed by atoms with Gasteiger partial charge in [-0.2, -0.15) is 0 Å². The van der Waals surface area contributed by atoms with E-state index in [4.69, 9.17) is 11.6 Å². The predicted molar refractivity (Wildman–Crippen MR) is 108 cm³/mol. The topological polar surface area (TPSA) is 58.1 Å². The normalized spacial score (nSPS) is 10.7. The fourth-order valence-electron chi connectivity index (χ4n) is 2.64. The van der Waals surface area contributed by atoms with Crippen molar-refractivity contribution in [3.05, 3.63) is 83.1 Å². The molecule has 0 aliphatic heterocycles. The Morgan fingerprint density at radius 2 is 1.78 bits per heavy atom. The second-order valence-corrected chi connectivity index (χ2v) is 6.79. The molecule has 3 aromatic rings. The molecule has 0 radical (unpaired) electrons. The van der Waals surface area contributed by atoms with Crippen molar-refractivity contribution in [2.75, 3.05) is 5.32 Å². The highest BCUT2D eigenvalue weighted by atomic mass is 35.5. The van der Waals surface area contributed by atoms with Gasteiger partial charge in [-0.3, -0.25) is 4.79 Å². The van der Waals surface area contributed by atoms with E-state index in [9.17, 15) is 4.79 Å².